The van der Waals surface area contributed by atoms with Gasteiger partial charge in [0.25, 0.3) is 0 Å². The van der Waals surface area contributed by atoms with Crippen LogP contribution < -0.4 is 0 Å². The minimum Gasteiger partial charge on any atom is -0.424 e. The molecular weight excluding hydrogens is 370 g/mol. The molecule has 0 fully saturated rings. The van der Waals surface area contributed by atoms with E-state index in [0.29, 0.717) is 12.1 Å². The van der Waals surface area contributed by atoms with Gasteiger partial charge in [0, 0.05) is 17.8 Å². The Balaban J connectivity index is 1.98. The SMILES string of the molecule is FC(F)(F)c1cc(-c2ncn(/C=C\c3nnco3)n2)cc(C(F)(F)F)n1. The Bertz CT molecular complexity index is 895. The quantitative estimate of drug-likeness (QED) is 0.652. The molecule has 13 heteroatoms. The Hall–Kier alpha value is -3.25. The average Bonchev–Trinajstić information content (AvgIpc) is 3.22. The van der Waals surface area contributed by atoms with Gasteiger partial charge in [-0.2, -0.15) is 26.3 Å². The van der Waals surface area contributed by atoms with Crippen LogP contribution in [0.2, 0.25) is 0 Å². The Labute approximate surface area is 140 Å². The van der Waals surface area contributed by atoms with Gasteiger partial charge in [-0.3, -0.25) is 0 Å². The predicted octanol–water partition coefficient (Wildman–Crippen LogP) is 3.39. The number of rotatable bonds is 3. The average molecular weight is 376 g/mol. The topological polar surface area (TPSA) is 82.5 Å². The molecule has 0 saturated carbocycles. The van der Waals surface area contributed by atoms with Crippen LogP contribution in [0.4, 0.5) is 26.3 Å². The summed E-state index contributed by atoms with van der Waals surface area (Å²) in [7, 11) is 0. The number of aromatic nitrogens is 6. The number of halogens is 6. The lowest BCUT2D eigenvalue weighted by Crippen LogP contribution is -2.15. The highest BCUT2D eigenvalue weighted by atomic mass is 19.4. The molecule has 136 valence electrons. The predicted molar refractivity (Wildman–Crippen MR) is 72.8 cm³/mol. The second kappa shape index (κ2) is 6.24. The van der Waals surface area contributed by atoms with E-state index in [-0.39, 0.29) is 11.7 Å². The molecule has 7 nitrogen and oxygen atoms in total. The van der Waals surface area contributed by atoms with Crippen LogP contribution in [0.25, 0.3) is 23.7 Å². The molecule has 0 unspecified atom stereocenters. The summed E-state index contributed by atoms with van der Waals surface area (Å²) in [6.45, 7) is 0. The van der Waals surface area contributed by atoms with Crippen molar-refractivity contribution in [2.75, 3.05) is 0 Å². The first-order chi connectivity index (χ1) is 12.1. The number of pyridine rings is 1. The zero-order chi connectivity index (χ0) is 18.9. The standard InChI is InChI=1S/C13H6F6N6O/c14-12(15,16)8-3-7(4-9(22-8)13(17,18)19)11-20-5-25(24-11)2-1-10-23-21-6-26-10/h1-6H/b2-1-. The highest BCUT2D eigenvalue weighted by Gasteiger charge is 2.39. The summed E-state index contributed by atoms with van der Waals surface area (Å²) in [5, 5.41) is 10.8. The fraction of sp³-hybridized carbons (Fsp3) is 0.154. The maximum atomic E-state index is 12.8. The number of nitrogens with zero attached hydrogens (tertiary/aromatic N) is 6. The van der Waals surface area contributed by atoms with Crippen molar-refractivity contribution < 1.29 is 30.8 Å². The highest BCUT2D eigenvalue weighted by molar-refractivity contribution is 5.58. The van der Waals surface area contributed by atoms with Gasteiger partial charge in [0.1, 0.15) is 17.7 Å². The lowest BCUT2D eigenvalue weighted by Gasteiger charge is -2.11. The molecule has 0 aromatic carbocycles. The zero-order valence-electron chi connectivity index (χ0n) is 12.3. The van der Waals surface area contributed by atoms with Crippen molar-refractivity contribution in [1.29, 1.82) is 0 Å². The van der Waals surface area contributed by atoms with E-state index in [4.69, 9.17) is 4.42 Å². The first-order valence-corrected chi connectivity index (χ1v) is 6.65. The van der Waals surface area contributed by atoms with E-state index in [1.807, 2.05) is 0 Å². The molecule has 0 atom stereocenters. The third-order valence-electron chi connectivity index (χ3n) is 2.92. The summed E-state index contributed by atoms with van der Waals surface area (Å²) in [6.07, 6.45) is -5.36. The third kappa shape index (κ3) is 3.87. The fourth-order valence-corrected chi connectivity index (χ4v) is 1.82. The molecule has 0 N–H and O–H groups in total. The number of alkyl halides is 6. The maximum absolute atomic E-state index is 12.8. The van der Waals surface area contributed by atoms with Gasteiger partial charge in [-0.25, -0.2) is 14.6 Å². The summed E-state index contributed by atoms with van der Waals surface area (Å²) in [5.74, 6) is -0.233. The van der Waals surface area contributed by atoms with Crippen LogP contribution in [-0.4, -0.2) is 29.9 Å². The lowest BCUT2D eigenvalue weighted by molar-refractivity contribution is -0.150. The first kappa shape index (κ1) is 17.6. The Morgan fingerprint density at radius 2 is 1.65 bits per heavy atom. The van der Waals surface area contributed by atoms with Crippen LogP contribution in [-0.2, 0) is 12.4 Å². The second-order valence-corrected chi connectivity index (χ2v) is 4.76. The Morgan fingerprint density at radius 1 is 1.00 bits per heavy atom. The molecule has 0 aliphatic heterocycles. The molecule has 0 saturated heterocycles. The monoisotopic (exact) mass is 376 g/mol. The molecule has 0 amide bonds. The van der Waals surface area contributed by atoms with Crippen LogP contribution in [0, 0.1) is 0 Å². The van der Waals surface area contributed by atoms with E-state index in [0.717, 1.165) is 17.4 Å². The van der Waals surface area contributed by atoms with E-state index in [9.17, 15) is 26.3 Å². The van der Waals surface area contributed by atoms with E-state index < -0.39 is 29.3 Å². The van der Waals surface area contributed by atoms with Gasteiger partial charge in [0.05, 0.1) is 0 Å². The van der Waals surface area contributed by atoms with Crippen molar-refractivity contribution in [3.63, 3.8) is 0 Å². The van der Waals surface area contributed by atoms with Crippen LogP contribution >= 0.6 is 0 Å². The minimum absolute atomic E-state index is 0.115. The fourth-order valence-electron chi connectivity index (χ4n) is 1.82. The molecule has 0 bridgehead atoms. The molecule has 3 aromatic rings. The Kier molecular flexibility index (Phi) is 4.21. The molecule has 0 aliphatic rings. The van der Waals surface area contributed by atoms with Crippen molar-refractivity contribution >= 4 is 12.3 Å². The summed E-state index contributed by atoms with van der Waals surface area (Å²) in [6, 6.07) is 0.882. The van der Waals surface area contributed by atoms with Crippen LogP contribution in [0.3, 0.4) is 0 Å². The van der Waals surface area contributed by atoms with E-state index in [1.54, 1.807) is 0 Å². The van der Waals surface area contributed by atoms with Crippen LogP contribution in [0.15, 0.2) is 29.3 Å². The van der Waals surface area contributed by atoms with Crippen molar-refractivity contribution in [3.8, 4) is 11.4 Å². The summed E-state index contributed by atoms with van der Waals surface area (Å²) < 4.78 is 82.8. The molecular formula is C13H6F6N6O. The van der Waals surface area contributed by atoms with Crippen LogP contribution in [0.5, 0.6) is 0 Å². The smallest absolute Gasteiger partial charge is 0.424 e. The van der Waals surface area contributed by atoms with Gasteiger partial charge >= 0.3 is 12.4 Å². The van der Waals surface area contributed by atoms with Crippen molar-refractivity contribution in [2.45, 2.75) is 12.4 Å². The van der Waals surface area contributed by atoms with E-state index in [1.165, 1.54) is 12.3 Å². The van der Waals surface area contributed by atoms with Crippen LogP contribution in [0.1, 0.15) is 17.3 Å². The Morgan fingerprint density at radius 3 is 2.19 bits per heavy atom. The van der Waals surface area contributed by atoms with Gasteiger partial charge in [0.15, 0.2) is 5.82 Å². The van der Waals surface area contributed by atoms with E-state index >= 15 is 0 Å². The molecule has 0 aliphatic carbocycles. The normalized spacial score (nSPS) is 12.8. The molecule has 3 rings (SSSR count). The number of hydrogen-bond donors (Lipinski definition) is 0. The van der Waals surface area contributed by atoms with Crippen molar-refractivity contribution in [1.82, 2.24) is 29.9 Å². The number of hydrogen-bond acceptors (Lipinski definition) is 6. The second-order valence-electron chi connectivity index (χ2n) is 4.76. The molecule has 3 heterocycles. The molecule has 3 aromatic heterocycles. The van der Waals surface area contributed by atoms with Gasteiger partial charge in [-0.05, 0) is 12.1 Å². The van der Waals surface area contributed by atoms with E-state index in [2.05, 4.69) is 25.3 Å². The van der Waals surface area contributed by atoms with Crippen molar-refractivity contribution in [3.05, 3.63) is 42.1 Å². The summed E-state index contributed by atoms with van der Waals surface area (Å²) in [4.78, 5) is 6.33. The third-order valence-corrected chi connectivity index (χ3v) is 2.92. The maximum Gasteiger partial charge on any atom is 0.433 e. The largest absolute Gasteiger partial charge is 0.433 e. The highest BCUT2D eigenvalue weighted by Crippen LogP contribution is 2.35. The van der Waals surface area contributed by atoms with Gasteiger partial charge in [0.2, 0.25) is 12.3 Å². The molecule has 0 spiro atoms. The molecule has 26 heavy (non-hydrogen) atoms. The van der Waals surface area contributed by atoms with Gasteiger partial charge in [-0.15, -0.1) is 15.3 Å². The molecule has 0 radical (unpaired) electrons. The zero-order valence-corrected chi connectivity index (χ0v) is 12.3. The van der Waals surface area contributed by atoms with Gasteiger partial charge in [-0.1, -0.05) is 0 Å². The summed E-state index contributed by atoms with van der Waals surface area (Å²) in [5.41, 5.74) is -3.87. The van der Waals surface area contributed by atoms with Gasteiger partial charge < -0.3 is 4.42 Å². The van der Waals surface area contributed by atoms with Crippen molar-refractivity contribution in [2.24, 2.45) is 0 Å². The summed E-state index contributed by atoms with van der Waals surface area (Å²) >= 11 is 0. The first-order valence-electron chi connectivity index (χ1n) is 6.65. The minimum atomic E-state index is -5.06. The lowest BCUT2D eigenvalue weighted by atomic mass is 10.1.